The average Bonchev–Trinajstić information content (AvgIpc) is 3.85. The molecule has 0 aliphatic carbocycles. The van der Waals surface area contributed by atoms with Gasteiger partial charge in [0.2, 0.25) is 5.91 Å². The smallest absolute Gasteiger partial charge is 0.348 e. The highest BCUT2D eigenvalue weighted by Gasteiger charge is 2.40. The monoisotopic (exact) mass is 803 g/mol. The van der Waals surface area contributed by atoms with Gasteiger partial charge < -0.3 is 10.2 Å². The van der Waals surface area contributed by atoms with Crippen molar-refractivity contribution < 1.29 is 44.7 Å². The Kier molecular flexibility index (Phi) is 9.68. The number of aromatic nitrogens is 9. The Labute approximate surface area is 315 Å². The molecule has 1 aliphatic heterocycles. The molecule has 6 heterocycles. The van der Waals surface area contributed by atoms with Crippen molar-refractivity contribution in [1.82, 2.24) is 54.7 Å². The fraction of sp³-hybridized carbons (Fsp3) is 0.314. The third kappa shape index (κ3) is 7.45. The van der Waals surface area contributed by atoms with E-state index in [2.05, 4.69) is 35.8 Å². The van der Waals surface area contributed by atoms with Crippen LogP contribution in [0.5, 0.6) is 0 Å². The Bertz CT molecular complexity index is 2590. The Morgan fingerprint density at radius 1 is 1.02 bits per heavy atom. The molecule has 0 bridgehead atoms. The van der Waals surface area contributed by atoms with Crippen molar-refractivity contribution in [2.24, 2.45) is 7.05 Å². The van der Waals surface area contributed by atoms with Gasteiger partial charge in [0.15, 0.2) is 11.5 Å². The van der Waals surface area contributed by atoms with Crippen molar-refractivity contribution in [3.63, 3.8) is 0 Å². The Morgan fingerprint density at radius 3 is 2.44 bits per heavy atom. The van der Waals surface area contributed by atoms with Gasteiger partial charge in [0.05, 0.1) is 35.1 Å². The van der Waals surface area contributed by atoms with Crippen LogP contribution in [0.1, 0.15) is 47.6 Å². The zero-order valence-corrected chi connectivity index (χ0v) is 29.9. The van der Waals surface area contributed by atoms with Gasteiger partial charge in [0.25, 0.3) is 17.4 Å². The molecule has 22 heteroatoms. The molecule has 0 saturated heterocycles. The van der Waals surface area contributed by atoms with E-state index in [1.165, 1.54) is 33.0 Å². The maximum absolute atomic E-state index is 15.6. The molecule has 0 unspecified atom stereocenters. The molecule has 0 fully saturated rings. The predicted octanol–water partition coefficient (Wildman–Crippen LogP) is 4.81. The van der Waals surface area contributed by atoms with E-state index in [1.54, 1.807) is 0 Å². The van der Waals surface area contributed by atoms with Crippen molar-refractivity contribution in [2.75, 3.05) is 6.54 Å². The van der Waals surface area contributed by atoms with Crippen LogP contribution in [-0.4, -0.2) is 79.4 Å². The third-order valence-electron chi connectivity index (χ3n) is 9.31. The zero-order valence-electron chi connectivity index (χ0n) is 29.9. The summed E-state index contributed by atoms with van der Waals surface area (Å²) in [6, 6.07) is 4.47. The van der Waals surface area contributed by atoms with Crippen LogP contribution >= 0.6 is 0 Å². The third-order valence-corrected chi connectivity index (χ3v) is 9.31. The lowest BCUT2D eigenvalue weighted by molar-refractivity contribution is -0.141. The summed E-state index contributed by atoms with van der Waals surface area (Å²) >= 11 is 0. The van der Waals surface area contributed by atoms with Crippen LogP contribution in [-0.2, 0) is 37.4 Å². The zero-order chi connectivity index (χ0) is 41.1. The van der Waals surface area contributed by atoms with E-state index in [-0.39, 0.29) is 57.8 Å². The van der Waals surface area contributed by atoms with Crippen LogP contribution < -0.4 is 10.9 Å². The highest BCUT2D eigenvalue weighted by Crippen LogP contribution is 2.36. The highest BCUT2D eigenvalue weighted by atomic mass is 19.4. The van der Waals surface area contributed by atoms with Crippen molar-refractivity contribution >= 4 is 22.8 Å². The van der Waals surface area contributed by atoms with Gasteiger partial charge in [-0.2, -0.15) is 41.6 Å². The topological polar surface area (TPSA) is 162 Å². The fourth-order valence-electron chi connectivity index (χ4n) is 6.76. The van der Waals surface area contributed by atoms with Crippen LogP contribution in [0, 0.1) is 17.6 Å². The van der Waals surface area contributed by atoms with E-state index in [4.69, 9.17) is 0 Å². The number of pyridine rings is 1. The average molecular weight is 804 g/mol. The standard InChI is InChI=1S/C35H29F8N11O3/c1-34(2,15-54-22(12-25(49-54)35(41,42)43)21-6-7-26(55)48-47-21)46-31(56)24(10-16-13-44-53(14-16)33(39)40)52-9-8-17-18(4-5-19(36)27(17)32(52)57)28-20(37)11-23-29(45-28)30(38)50-51(23)3/h4-7,11-14,24,33H,8-10,15H2,1-3H3,(H,46,56)(H,48,55)/t24-/m1/s1. The Balaban J connectivity index is 1.23. The number of rotatable bonds is 10. The van der Waals surface area contributed by atoms with Crippen molar-refractivity contribution in [2.45, 2.75) is 57.5 Å². The van der Waals surface area contributed by atoms with Gasteiger partial charge in [0, 0.05) is 43.9 Å². The predicted molar refractivity (Wildman–Crippen MR) is 183 cm³/mol. The summed E-state index contributed by atoms with van der Waals surface area (Å²) in [6.07, 6.45) is -3.48. The Hall–Kier alpha value is -6.48. The number of carbonyl (C=O) groups is 2. The van der Waals surface area contributed by atoms with Crippen molar-refractivity contribution in [1.29, 1.82) is 0 Å². The van der Waals surface area contributed by atoms with Gasteiger partial charge in [-0.1, -0.05) is 0 Å². The van der Waals surface area contributed by atoms with Crippen LogP contribution in [0.4, 0.5) is 35.1 Å². The minimum absolute atomic E-state index is 0.0128. The maximum atomic E-state index is 15.6. The van der Waals surface area contributed by atoms with Gasteiger partial charge in [0.1, 0.15) is 28.8 Å². The van der Waals surface area contributed by atoms with Gasteiger partial charge in [-0.05, 0) is 55.7 Å². The summed E-state index contributed by atoms with van der Waals surface area (Å²) in [7, 11) is 1.38. The first-order valence-electron chi connectivity index (χ1n) is 17.0. The van der Waals surface area contributed by atoms with Gasteiger partial charge in [-0.15, -0.1) is 5.10 Å². The van der Waals surface area contributed by atoms with Crippen molar-refractivity contribution in [3.05, 3.63) is 99.1 Å². The molecule has 57 heavy (non-hydrogen) atoms. The maximum Gasteiger partial charge on any atom is 0.435 e. The van der Waals surface area contributed by atoms with Crippen molar-refractivity contribution in [3.8, 4) is 22.6 Å². The summed E-state index contributed by atoms with van der Waals surface area (Å²) in [4.78, 5) is 45.2. The number of nitrogens with one attached hydrogen (secondary N) is 2. The molecule has 2 N–H and O–H groups in total. The number of hydrogen-bond donors (Lipinski definition) is 2. The number of H-pyrrole nitrogens is 1. The lowest BCUT2D eigenvalue weighted by Gasteiger charge is -2.37. The lowest BCUT2D eigenvalue weighted by Crippen LogP contribution is -2.58. The SMILES string of the molecule is Cn1nc(F)c2nc(-c3ccc(F)c4c3CCN([C@H](Cc3cnn(C(F)F)c3)C(=O)NC(C)(C)Cn3nc(C(F)(F)F)cc3-c3ccc(=O)[nH]n3)C4=O)c(F)cc21. The van der Waals surface area contributed by atoms with E-state index in [0.717, 1.165) is 44.9 Å². The number of fused-ring (bicyclic) bond motifs is 2. The van der Waals surface area contributed by atoms with Crippen LogP contribution in [0.2, 0.25) is 0 Å². The second-order valence-corrected chi connectivity index (χ2v) is 13.9. The molecule has 2 amide bonds. The first-order chi connectivity index (χ1) is 26.8. The summed E-state index contributed by atoms with van der Waals surface area (Å²) in [5, 5.41) is 19.5. The quantitative estimate of drug-likeness (QED) is 0.187. The number of aromatic amines is 1. The van der Waals surface area contributed by atoms with E-state index in [0.29, 0.717) is 10.7 Å². The first kappa shape index (κ1) is 38.8. The molecule has 0 spiro atoms. The van der Waals surface area contributed by atoms with Crippen LogP contribution in [0.15, 0.2) is 53.6 Å². The van der Waals surface area contributed by atoms with E-state index in [1.807, 2.05) is 0 Å². The number of benzene rings is 1. The van der Waals surface area contributed by atoms with E-state index >= 15 is 8.78 Å². The normalized spacial score (nSPS) is 14.1. The summed E-state index contributed by atoms with van der Waals surface area (Å²) in [5.41, 5.74) is -4.69. The number of amides is 2. The van der Waals surface area contributed by atoms with Gasteiger partial charge in [-0.25, -0.2) is 23.5 Å². The molecule has 0 saturated carbocycles. The van der Waals surface area contributed by atoms with Gasteiger partial charge >= 0.3 is 12.7 Å². The molecule has 1 aromatic carbocycles. The molecule has 7 rings (SSSR count). The molecule has 298 valence electrons. The molecule has 14 nitrogen and oxygen atoms in total. The number of hydrogen-bond acceptors (Lipinski definition) is 8. The highest BCUT2D eigenvalue weighted by molar-refractivity contribution is 6.01. The van der Waals surface area contributed by atoms with Crippen LogP contribution in [0.3, 0.4) is 0 Å². The molecule has 5 aromatic heterocycles. The number of aryl methyl sites for hydroxylation is 1. The minimum Gasteiger partial charge on any atom is -0.348 e. The largest absolute Gasteiger partial charge is 0.435 e. The second-order valence-electron chi connectivity index (χ2n) is 13.9. The number of halogens is 8. The molecule has 1 aliphatic rings. The summed E-state index contributed by atoms with van der Waals surface area (Å²) in [5.74, 6) is -4.88. The summed E-state index contributed by atoms with van der Waals surface area (Å²) in [6.45, 7) is -0.866. The van der Waals surface area contributed by atoms with Gasteiger partial charge in [-0.3, -0.25) is 23.7 Å². The lowest BCUT2D eigenvalue weighted by atomic mass is 9.90. The molecular formula is C35H29F8N11O3. The molecule has 1 atom stereocenters. The number of nitrogens with zero attached hydrogens (tertiary/aromatic N) is 9. The summed E-state index contributed by atoms with van der Waals surface area (Å²) < 4.78 is 116. The van der Waals surface area contributed by atoms with E-state index in [9.17, 15) is 40.7 Å². The Morgan fingerprint density at radius 2 is 1.77 bits per heavy atom. The first-order valence-corrected chi connectivity index (χ1v) is 17.0. The minimum atomic E-state index is -4.88. The molecule has 6 aromatic rings. The van der Waals surface area contributed by atoms with Crippen LogP contribution in [0.25, 0.3) is 33.7 Å². The number of carbonyl (C=O) groups excluding carboxylic acids is 2. The fourth-order valence-corrected chi connectivity index (χ4v) is 6.76. The second kappa shape index (κ2) is 14.2. The molecular weight excluding hydrogens is 774 g/mol. The number of alkyl halides is 5. The van der Waals surface area contributed by atoms with E-state index < -0.39 is 83.5 Å². The molecule has 0 radical (unpaired) electrons.